The summed E-state index contributed by atoms with van der Waals surface area (Å²) in [4.78, 5) is 0. The molecule has 0 fully saturated rings. The minimum absolute atomic E-state index is 0.121. The van der Waals surface area contributed by atoms with Crippen molar-refractivity contribution in [2.45, 2.75) is 19.5 Å². The van der Waals surface area contributed by atoms with E-state index in [0.717, 1.165) is 11.4 Å². The average molecular weight is 323 g/mol. The molecule has 3 aromatic rings. The molecular weight excluding hydrogens is 306 g/mol. The first-order valence-corrected chi connectivity index (χ1v) is 7.52. The molecule has 8 heteroatoms. The highest BCUT2D eigenvalue weighted by atomic mass is 16.5. The SMILES string of the molecule is COCCn1cnnc1[C@H](C)n1cc(-c2cccc(C#N)c2)nn1. The van der Waals surface area contributed by atoms with Gasteiger partial charge < -0.3 is 9.30 Å². The van der Waals surface area contributed by atoms with Gasteiger partial charge in [0.05, 0.1) is 24.4 Å². The number of nitriles is 1. The molecule has 0 aliphatic rings. The average Bonchev–Trinajstić information content (AvgIpc) is 3.29. The van der Waals surface area contributed by atoms with Gasteiger partial charge in [0.15, 0.2) is 5.82 Å². The number of hydrogen-bond acceptors (Lipinski definition) is 6. The zero-order valence-corrected chi connectivity index (χ0v) is 13.5. The Balaban J connectivity index is 1.85. The van der Waals surface area contributed by atoms with Crippen molar-refractivity contribution in [3.05, 3.63) is 48.2 Å². The Morgan fingerprint density at radius 2 is 2.21 bits per heavy atom. The van der Waals surface area contributed by atoms with Gasteiger partial charge in [0.1, 0.15) is 18.1 Å². The summed E-state index contributed by atoms with van der Waals surface area (Å²) in [5, 5.41) is 25.6. The molecule has 0 N–H and O–H groups in total. The van der Waals surface area contributed by atoms with E-state index in [1.54, 1.807) is 30.3 Å². The standard InChI is InChI=1S/C16H17N7O/c1-12(16-20-18-11-22(16)6-7-24-2)23-10-15(19-21-23)14-5-3-4-13(8-14)9-17/h3-5,8,10-12H,6-7H2,1-2H3/t12-/m0/s1. The van der Waals surface area contributed by atoms with E-state index in [2.05, 4.69) is 26.6 Å². The van der Waals surface area contributed by atoms with Crippen molar-refractivity contribution < 1.29 is 4.74 Å². The predicted octanol–water partition coefficient (Wildman–Crippen LogP) is 1.66. The number of benzene rings is 1. The van der Waals surface area contributed by atoms with Gasteiger partial charge in [0.2, 0.25) is 0 Å². The van der Waals surface area contributed by atoms with E-state index in [1.807, 2.05) is 29.8 Å². The molecule has 0 aliphatic carbocycles. The fraction of sp³-hybridized carbons (Fsp3) is 0.312. The Hall–Kier alpha value is -3.05. The molecule has 0 bridgehead atoms. The largest absolute Gasteiger partial charge is 0.383 e. The third-order valence-corrected chi connectivity index (χ3v) is 3.75. The van der Waals surface area contributed by atoms with Crippen molar-refractivity contribution in [1.82, 2.24) is 29.8 Å². The van der Waals surface area contributed by atoms with Crippen LogP contribution in [-0.4, -0.2) is 43.5 Å². The van der Waals surface area contributed by atoms with E-state index in [1.165, 1.54) is 0 Å². The smallest absolute Gasteiger partial charge is 0.157 e. The highest BCUT2D eigenvalue weighted by Gasteiger charge is 2.17. The fourth-order valence-corrected chi connectivity index (χ4v) is 2.41. The first-order chi connectivity index (χ1) is 11.7. The predicted molar refractivity (Wildman–Crippen MR) is 85.9 cm³/mol. The number of rotatable bonds is 6. The molecule has 0 spiro atoms. The molecule has 0 radical (unpaired) electrons. The van der Waals surface area contributed by atoms with Gasteiger partial charge in [-0.1, -0.05) is 17.3 Å². The zero-order chi connectivity index (χ0) is 16.9. The number of ether oxygens (including phenoxy) is 1. The third kappa shape index (κ3) is 3.16. The first kappa shape index (κ1) is 15.8. The van der Waals surface area contributed by atoms with Crippen molar-refractivity contribution in [2.24, 2.45) is 0 Å². The molecule has 0 saturated carbocycles. The maximum absolute atomic E-state index is 9.01. The summed E-state index contributed by atoms with van der Waals surface area (Å²) in [5.41, 5.74) is 2.16. The lowest BCUT2D eigenvalue weighted by molar-refractivity contribution is 0.185. The lowest BCUT2D eigenvalue weighted by atomic mass is 10.1. The van der Waals surface area contributed by atoms with Crippen LogP contribution in [0.4, 0.5) is 0 Å². The molecule has 24 heavy (non-hydrogen) atoms. The van der Waals surface area contributed by atoms with E-state index in [0.29, 0.717) is 24.4 Å². The highest BCUT2D eigenvalue weighted by molar-refractivity contribution is 5.60. The summed E-state index contributed by atoms with van der Waals surface area (Å²) in [6, 6.07) is 9.29. The van der Waals surface area contributed by atoms with Gasteiger partial charge in [-0.2, -0.15) is 5.26 Å². The van der Waals surface area contributed by atoms with Crippen LogP contribution < -0.4 is 0 Å². The lowest BCUT2D eigenvalue weighted by Gasteiger charge is -2.12. The van der Waals surface area contributed by atoms with E-state index in [9.17, 15) is 0 Å². The van der Waals surface area contributed by atoms with E-state index < -0.39 is 0 Å². The molecule has 0 amide bonds. The lowest BCUT2D eigenvalue weighted by Crippen LogP contribution is -2.15. The molecule has 122 valence electrons. The second-order valence-corrected chi connectivity index (χ2v) is 5.33. The summed E-state index contributed by atoms with van der Waals surface area (Å²) in [6.45, 7) is 3.24. The Morgan fingerprint density at radius 1 is 1.33 bits per heavy atom. The van der Waals surface area contributed by atoms with Crippen molar-refractivity contribution in [3.8, 4) is 17.3 Å². The minimum atomic E-state index is -0.121. The van der Waals surface area contributed by atoms with Gasteiger partial charge in [-0.25, -0.2) is 4.68 Å². The molecule has 2 aromatic heterocycles. The van der Waals surface area contributed by atoms with Crippen LogP contribution in [0.25, 0.3) is 11.3 Å². The summed E-state index contributed by atoms with van der Waals surface area (Å²) in [7, 11) is 1.66. The monoisotopic (exact) mass is 323 g/mol. The maximum Gasteiger partial charge on any atom is 0.157 e. The van der Waals surface area contributed by atoms with Crippen LogP contribution in [0.1, 0.15) is 24.4 Å². The van der Waals surface area contributed by atoms with Crippen LogP contribution >= 0.6 is 0 Å². The fourth-order valence-electron chi connectivity index (χ4n) is 2.41. The molecule has 8 nitrogen and oxygen atoms in total. The number of methoxy groups -OCH3 is 1. The van der Waals surface area contributed by atoms with Crippen molar-refractivity contribution in [2.75, 3.05) is 13.7 Å². The Bertz CT molecular complexity index is 861. The van der Waals surface area contributed by atoms with E-state index in [4.69, 9.17) is 10.00 Å². The second-order valence-electron chi connectivity index (χ2n) is 5.33. The van der Waals surface area contributed by atoms with Crippen molar-refractivity contribution >= 4 is 0 Å². The second kappa shape index (κ2) is 7.02. The maximum atomic E-state index is 9.01. The van der Waals surface area contributed by atoms with Crippen LogP contribution in [0, 0.1) is 11.3 Å². The van der Waals surface area contributed by atoms with Crippen LogP contribution in [0.5, 0.6) is 0 Å². The van der Waals surface area contributed by atoms with Crippen LogP contribution in [0.3, 0.4) is 0 Å². The summed E-state index contributed by atoms with van der Waals surface area (Å²) in [6.07, 6.45) is 3.52. The third-order valence-electron chi connectivity index (χ3n) is 3.75. The molecule has 3 rings (SSSR count). The molecule has 0 saturated heterocycles. The molecule has 0 aliphatic heterocycles. The molecule has 1 atom stereocenters. The summed E-state index contributed by atoms with van der Waals surface area (Å²) < 4.78 is 8.78. The molecular formula is C16H17N7O. The normalized spacial score (nSPS) is 12.0. The molecule has 2 heterocycles. The minimum Gasteiger partial charge on any atom is -0.383 e. The topological polar surface area (TPSA) is 94.4 Å². The molecule has 0 unspecified atom stereocenters. The Labute approximate surface area is 139 Å². The quantitative estimate of drug-likeness (QED) is 0.685. The van der Waals surface area contributed by atoms with Gasteiger partial charge in [-0.15, -0.1) is 15.3 Å². The van der Waals surface area contributed by atoms with E-state index >= 15 is 0 Å². The summed E-state index contributed by atoms with van der Waals surface area (Å²) in [5.74, 6) is 0.786. The van der Waals surface area contributed by atoms with Gasteiger partial charge in [0.25, 0.3) is 0 Å². The van der Waals surface area contributed by atoms with Gasteiger partial charge in [0, 0.05) is 19.2 Å². The van der Waals surface area contributed by atoms with E-state index in [-0.39, 0.29) is 6.04 Å². The number of nitrogens with zero attached hydrogens (tertiary/aromatic N) is 7. The van der Waals surface area contributed by atoms with Gasteiger partial charge >= 0.3 is 0 Å². The zero-order valence-electron chi connectivity index (χ0n) is 13.5. The highest BCUT2D eigenvalue weighted by Crippen LogP contribution is 2.20. The Kier molecular flexibility index (Phi) is 4.63. The number of hydrogen-bond donors (Lipinski definition) is 0. The Morgan fingerprint density at radius 3 is 3.00 bits per heavy atom. The number of aromatic nitrogens is 6. The summed E-state index contributed by atoms with van der Waals surface area (Å²) >= 11 is 0. The van der Waals surface area contributed by atoms with Gasteiger partial charge in [-0.05, 0) is 19.1 Å². The molecule has 1 aromatic carbocycles. The van der Waals surface area contributed by atoms with Gasteiger partial charge in [-0.3, -0.25) is 0 Å². The van der Waals surface area contributed by atoms with Crippen LogP contribution in [-0.2, 0) is 11.3 Å². The van der Waals surface area contributed by atoms with Crippen molar-refractivity contribution in [3.63, 3.8) is 0 Å². The van der Waals surface area contributed by atoms with Crippen LogP contribution in [0.15, 0.2) is 36.8 Å². The first-order valence-electron chi connectivity index (χ1n) is 7.52. The van der Waals surface area contributed by atoms with Crippen LogP contribution in [0.2, 0.25) is 0 Å². The van der Waals surface area contributed by atoms with Crippen molar-refractivity contribution in [1.29, 1.82) is 5.26 Å².